The van der Waals surface area contributed by atoms with Gasteiger partial charge in [-0.05, 0) is 18.1 Å². The Morgan fingerprint density at radius 1 is 1.26 bits per heavy atom. The van der Waals surface area contributed by atoms with Crippen molar-refractivity contribution in [1.29, 1.82) is 0 Å². The van der Waals surface area contributed by atoms with Crippen molar-refractivity contribution < 1.29 is 14.7 Å². The number of thiophene rings is 1. The van der Waals surface area contributed by atoms with Crippen LogP contribution in [0.25, 0.3) is 20.7 Å². The van der Waals surface area contributed by atoms with E-state index in [1.807, 2.05) is 18.2 Å². The average Bonchev–Trinajstić information content (AvgIpc) is 3.12. The van der Waals surface area contributed by atoms with E-state index in [9.17, 15) is 9.59 Å². The zero-order valence-electron chi connectivity index (χ0n) is 14.7. The van der Waals surface area contributed by atoms with Gasteiger partial charge in [0.2, 0.25) is 5.91 Å². The first kappa shape index (κ1) is 19.3. The lowest BCUT2D eigenvalue weighted by Gasteiger charge is -2.11. The number of carbonyl (C=O) groups excluding carboxylic acids is 1. The summed E-state index contributed by atoms with van der Waals surface area (Å²) < 4.78 is 0. The van der Waals surface area contributed by atoms with Crippen LogP contribution < -0.4 is 5.32 Å². The normalized spacial score (nSPS) is 12.0. The molecule has 3 aromatic rings. The molecular weight excluding hydrogens is 382 g/mol. The highest BCUT2D eigenvalue weighted by Gasteiger charge is 2.17. The maximum atomic E-state index is 11.9. The summed E-state index contributed by atoms with van der Waals surface area (Å²) in [5.41, 5.74) is 1.13. The van der Waals surface area contributed by atoms with Gasteiger partial charge in [0.15, 0.2) is 0 Å². The third-order valence-corrected chi connectivity index (χ3v) is 6.06. The van der Waals surface area contributed by atoms with Gasteiger partial charge < -0.3 is 10.4 Å². The van der Waals surface area contributed by atoms with Gasteiger partial charge >= 0.3 is 5.97 Å². The summed E-state index contributed by atoms with van der Waals surface area (Å²) in [7, 11) is 0. The van der Waals surface area contributed by atoms with E-state index in [2.05, 4.69) is 33.5 Å². The van der Waals surface area contributed by atoms with Crippen molar-refractivity contribution in [3.63, 3.8) is 0 Å². The zero-order chi connectivity index (χ0) is 19.2. The molecule has 8 heteroatoms. The summed E-state index contributed by atoms with van der Waals surface area (Å²) >= 11 is 3.09. The van der Waals surface area contributed by atoms with Crippen LogP contribution in [0.2, 0.25) is 0 Å². The van der Waals surface area contributed by atoms with Gasteiger partial charge in [0, 0.05) is 22.4 Å². The molecule has 27 heavy (non-hydrogen) atoms. The van der Waals surface area contributed by atoms with Crippen molar-refractivity contribution in [2.75, 3.05) is 5.75 Å². The van der Waals surface area contributed by atoms with Gasteiger partial charge in [0.1, 0.15) is 22.2 Å². The Kier molecular flexibility index (Phi) is 6.41. The summed E-state index contributed by atoms with van der Waals surface area (Å²) in [5, 5.41) is 13.3. The fraction of sp³-hybridized carbons (Fsp3) is 0.263. The monoisotopic (exact) mass is 401 g/mol. The van der Waals surface area contributed by atoms with Crippen LogP contribution in [0.5, 0.6) is 0 Å². The number of aliphatic carboxylic acids is 1. The van der Waals surface area contributed by atoms with E-state index in [0.717, 1.165) is 25.7 Å². The Labute approximate surface area is 165 Å². The average molecular weight is 402 g/mol. The lowest BCUT2D eigenvalue weighted by molar-refractivity contribution is -0.141. The SMILES string of the molecule is CCC(NC(=O)CCSc1ncnc2sc(-c3ccccc3)cc12)C(=O)O. The van der Waals surface area contributed by atoms with E-state index in [1.165, 1.54) is 18.1 Å². The van der Waals surface area contributed by atoms with Gasteiger partial charge in [0.05, 0.1) is 0 Å². The number of aromatic nitrogens is 2. The molecule has 2 heterocycles. The Balaban J connectivity index is 1.66. The van der Waals surface area contributed by atoms with Gasteiger partial charge in [-0.15, -0.1) is 23.1 Å². The molecule has 0 aliphatic heterocycles. The number of nitrogens with one attached hydrogen (secondary N) is 1. The summed E-state index contributed by atoms with van der Waals surface area (Å²) in [6, 6.07) is 11.3. The van der Waals surface area contributed by atoms with Crippen molar-refractivity contribution in [2.45, 2.75) is 30.8 Å². The summed E-state index contributed by atoms with van der Waals surface area (Å²) in [6.45, 7) is 1.73. The quantitative estimate of drug-likeness (QED) is 0.440. The molecule has 0 radical (unpaired) electrons. The maximum absolute atomic E-state index is 11.9. The van der Waals surface area contributed by atoms with E-state index in [1.54, 1.807) is 18.3 Å². The van der Waals surface area contributed by atoms with Crippen LogP contribution in [0.3, 0.4) is 0 Å². The first-order valence-electron chi connectivity index (χ1n) is 8.53. The molecule has 0 aliphatic rings. The number of nitrogens with zero attached hydrogens (tertiary/aromatic N) is 2. The minimum Gasteiger partial charge on any atom is -0.480 e. The topological polar surface area (TPSA) is 92.2 Å². The van der Waals surface area contributed by atoms with Crippen molar-refractivity contribution in [1.82, 2.24) is 15.3 Å². The molecule has 0 saturated heterocycles. The molecule has 0 saturated carbocycles. The van der Waals surface area contributed by atoms with Crippen LogP contribution in [0.4, 0.5) is 0 Å². The van der Waals surface area contributed by atoms with Gasteiger partial charge in [0.25, 0.3) is 0 Å². The van der Waals surface area contributed by atoms with Crippen LogP contribution in [-0.4, -0.2) is 38.7 Å². The standard InChI is InChI=1S/C19H19N3O3S2/c1-2-14(19(24)25)22-16(23)8-9-26-17-13-10-15(12-6-4-3-5-7-12)27-18(13)21-11-20-17/h3-7,10-11,14H,2,8-9H2,1H3,(H,22,23)(H,24,25). The number of fused-ring (bicyclic) bond motifs is 1. The van der Waals surface area contributed by atoms with Crippen LogP contribution in [0.15, 0.2) is 47.8 Å². The molecule has 0 bridgehead atoms. The molecule has 1 amide bonds. The smallest absolute Gasteiger partial charge is 0.326 e. The molecule has 6 nitrogen and oxygen atoms in total. The Morgan fingerprint density at radius 3 is 2.74 bits per heavy atom. The zero-order valence-corrected chi connectivity index (χ0v) is 16.3. The molecular formula is C19H19N3O3S2. The van der Waals surface area contributed by atoms with Gasteiger partial charge in [-0.1, -0.05) is 37.3 Å². The molecule has 2 N–H and O–H groups in total. The molecule has 140 valence electrons. The number of amides is 1. The van der Waals surface area contributed by atoms with E-state index < -0.39 is 12.0 Å². The molecule has 1 unspecified atom stereocenters. The molecule has 0 aliphatic carbocycles. The fourth-order valence-corrected chi connectivity index (χ4v) is 4.52. The minimum atomic E-state index is -1.01. The van der Waals surface area contributed by atoms with Crippen LogP contribution >= 0.6 is 23.1 Å². The van der Waals surface area contributed by atoms with Gasteiger partial charge in [-0.25, -0.2) is 14.8 Å². The van der Waals surface area contributed by atoms with E-state index in [4.69, 9.17) is 5.11 Å². The summed E-state index contributed by atoms with van der Waals surface area (Å²) in [5.74, 6) is -0.759. The van der Waals surface area contributed by atoms with Crippen molar-refractivity contribution in [3.05, 3.63) is 42.7 Å². The third-order valence-electron chi connectivity index (χ3n) is 3.96. The highest BCUT2D eigenvalue weighted by atomic mass is 32.2. The Bertz CT molecular complexity index is 944. The maximum Gasteiger partial charge on any atom is 0.326 e. The van der Waals surface area contributed by atoms with E-state index in [-0.39, 0.29) is 12.3 Å². The van der Waals surface area contributed by atoms with E-state index >= 15 is 0 Å². The van der Waals surface area contributed by atoms with Crippen molar-refractivity contribution in [2.24, 2.45) is 0 Å². The second-order valence-electron chi connectivity index (χ2n) is 5.84. The van der Waals surface area contributed by atoms with Gasteiger partial charge in [-0.2, -0.15) is 0 Å². The number of rotatable bonds is 8. The highest BCUT2D eigenvalue weighted by molar-refractivity contribution is 7.99. The largest absolute Gasteiger partial charge is 0.480 e. The lowest BCUT2D eigenvalue weighted by atomic mass is 10.2. The summed E-state index contributed by atoms with van der Waals surface area (Å²) in [4.78, 5) is 33.7. The highest BCUT2D eigenvalue weighted by Crippen LogP contribution is 2.36. The third kappa shape index (κ3) is 4.84. The number of thioether (sulfide) groups is 1. The molecule has 0 fully saturated rings. The molecule has 1 aromatic carbocycles. The predicted octanol–water partition coefficient (Wildman–Crippen LogP) is 3.82. The number of carboxylic acids is 1. The second-order valence-corrected chi connectivity index (χ2v) is 7.95. The van der Waals surface area contributed by atoms with Crippen molar-refractivity contribution in [3.8, 4) is 10.4 Å². The number of carbonyl (C=O) groups is 2. The number of benzene rings is 1. The minimum absolute atomic E-state index is 0.232. The first-order chi connectivity index (χ1) is 13.1. The first-order valence-corrected chi connectivity index (χ1v) is 10.3. The van der Waals surface area contributed by atoms with Crippen LogP contribution in [0.1, 0.15) is 19.8 Å². The van der Waals surface area contributed by atoms with Gasteiger partial charge in [-0.3, -0.25) is 4.79 Å². The lowest BCUT2D eigenvalue weighted by Crippen LogP contribution is -2.40. The van der Waals surface area contributed by atoms with Crippen LogP contribution in [0, 0.1) is 0 Å². The predicted molar refractivity (Wildman–Crippen MR) is 108 cm³/mol. The Hall–Kier alpha value is -2.45. The number of hydrogen-bond acceptors (Lipinski definition) is 6. The molecule has 1 atom stereocenters. The Morgan fingerprint density at radius 2 is 2.04 bits per heavy atom. The van der Waals surface area contributed by atoms with Crippen LogP contribution in [-0.2, 0) is 9.59 Å². The molecule has 3 rings (SSSR count). The van der Waals surface area contributed by atoms with E-state index in [0.29, 0.717) is 12.2 Å². The fourth-order valence-electron chi connectivity index (χ4n) is 2.54. The van der Waals surface area contributed by atoms with Crippen molar-refractivity contribution >= 4 is 45.2 Å². The second kappa shape index (κ2) is 8.96. The number of hydrogen-bond donors (Lipinski definition) is 2. The molecule has 0 spiro atoms. The summed E-state index contributed by atoms with van der Waals surface area (Å²) in [6.07, 6.45) is 2.13. The number of carboxylic acid groups (broad SMARTS) is 1. The molecule has 2 aromatic heterocycles.